The highest BCUT2D eigenvalue weighted by Gasteiger charge is 2.49. The van der Waals surface area contributed by atoms with Gasteiger partial charge in [-0.05, 0) is 42.4 Å². The molecule has 2 heterocycles. The quantitative estimate of drug-likeness (QED) is 0.860. The van der Waals surface area contributed by atoms with Crippen LogP contribution in [-0.2, 0) is 12.1 Å². The smallest absolute Gasteiger partial charge is 0.231 e. The van der Waals surface area contributed by atoms with Gasteiger partial charge in [-0.15, -0.1) is 0 Å². The van der Waals surface area contributed by atoms with Crippen molar-refractivity contribution in [1.29, 1.82) is 0 Å². The normalized spacial score (nSPS) is 29.7. The van der Waals surface area contributed by atoms with Crippen molar-refractivity contribution in [2.24, 2.45) is 11.8 Å². The fraction of sp³-hybridized carbons (Fsp3) is 0.455. The first kappa shape index (κ1) is 17.4. The molecule has 1 saturated carbocycles. The Bertz CT molecular complexity index is 843. The van der Waals surface area contributed by atoms with Crippen LogP contribution in [0.25, 0.3) is 0 Å². The van der Waals surface area contributed by atoms with Gasteiger partial charge in [0.05, 0.1) is 5.60 Å². The van der Waals surface area contributed by atoms with E-state index in [1.807, 2.05) is 30.3 Å². The van der Waals surface area contributed by atoms with E-state index >= 15 is 0 Å². The number of fused-ring (bicyclic) bond motifs is 2. The van der Waals surface area contributed by atoms with Gasteiger partial charge in [0.15, 0.2) is 11.5 Å². The molecule has 5 heteroatoms. The van der Waals surface area contributed by atoms with Gasteiger partial charge in [-0.3, -0.25) is 4.90 Å². The van der Waals surface area contributed by atoms with E-state index in [2.05, 4.69) is 17.0 Å². The molecule has 0 spiro atoms. The number of hydrogen-bond acceptors (Lipinski definition) is 4. The Labute approximate surface area is 164 Å². The molecule has 0 radical (unpaired) electrons. The van der Waals surface area contributed by atoms with Gasteiger partial charge in [0.2, 0.25) is 6.79 Å². The molecule has 5 rings (SSSR count). The number of hydrogen-bond donors (Lipinski definition) is 1. The lowest BCUT2D eigenvalue weighted by Gasteiger charge is -2.41. The van der Waals surface area contributed by atoms with E-state index < -0.39 is 5.60 Å². The molecule has 3 aliphatic rings. The highest BCUT2D eigenvalue weighted by atomic mass is 35.5. The van der Waals surface area contributed by atoms with E-state index in [0.29, 0.717) is 10.9 Å². The molecule has 27 heavy (non-hydrogen) atoms. The van der Waals surface area contributed by atoms with Crippen LogP contribution in [0, 0.1) is 11.8 Å². The summed E-state index contributed by atoms with van der Waals surface area (Å²) in [4.78, 5) is 2.43. The molecule has 4 nitrogen and oxygen atoms in total. The van der Waals surface area contributed by atoms with E-state index in [9.17, 15) is 5.11 Å². The number of likely N-dealkylation sites (tertiary alicyclic amines) is 1. The van der Waals surface area contributed by atoms with Gasteiger partial charge in [-0.1, -0.05) is 41.9 Å². The van der Waals surface area contributed by atoms with E-state index in [-0.39, 0.29) is 12.7 Å². The highest BCUT2D eigenvalue weighted by Crippen LogP contribution is 2.48. The Hall–Kier alpha value is -1.75. The largest absolute Gasteiger partial charge is 0.454 e. The van der Waals surface area contributed by atoms with Crippen molar-refractivity contribution in [3.8, 4) is 11.5 Å². The Morgan fingerprint density at radius 1 is 1.11 bits per heavy atom. The van der Waals surface area contributed by atoms with Crippen LogP contribution >= 0.6 is 11.6 Å². The Morgan fingerprint density at radius 2 is 1.89 bits per heavy atom. The minimum Gasteiger partial charge on any atom is -0.454 e. The average molecular weight is 386 g/mol. The summed E-state index contributed by atoms with van der Waals surface area (Å²) in [6, 6.07) is 14.0. The summed E-state index contributed by atoms with van der Waals surface area (Å²) in [7, 11) is 0. The predicted octanol–water partition coefficient (Wildman–Crippen LogP) is 4.19. The van der Waals surface area contributed by atoms with Crippen LogP contribution < -0.4 is 9.47 Å². The third-order valence-electron chi connectivity index (χ3n) is 6.47. The van der Waals surface area contributed by atoms with Crippen LogP contribution in [0.3, 0.4) is 0 Å². The minimum atomic E-state index is -0.725. The first-order chi connectivity index (χ1) is 13.1. The Kier molecular flexibility index (Phi) is 4.30. The molecular formula is C22H24ClNO3. The summed E-state index contributed by atoms with van der Waals surface area (Å²) >= 11 is 6.48. The van der Waals surface area contributed by atoms with Gasteiger partial charge >= 0.3 is 0 Å². The van der Waals surface area contributed by atoms with E-state index in [4.69, 9.17) is 21.1 Å². The van der Waals surface area contributed by atoms with Crippen molar-refractivity contribution in [2.45, 2.75) is 31.4 Å². The number of ether oxygens (including phenoxy) is 2. The van der Waals surface area contributed by atoms with Crippen LogP contribution in [0.2, 0.25) is 5.02 Å². The summed E-state index contributed by atoms with van der Waals surface area (Å²) in [5.41, 5.74) is 1.39. The Balaban J connectivity index is 1.37. The van der Waals surface area contributed by atoms with E-state index in [0.717, 1.165) is 55.1 Å². The maximum absolute atomic E-state index is 11.6. The fourth-order valence-electron chi connectivity index (χ4n) is 5.15. The fourth-order valence-corrected chi connectivity index (χ4v) is 5.36. The molecule has 0 bridgehead atoms. The number of halogens is 1. The zero-order chi connectivity index (χ0) is 18.4. The maximum atomic E-state index is 11.6. The van der Waals surface area contributed by atoms with Gasteiger partial charge in [0, 0.05) is 36.6 Å². The van der Waals surface area contributed by atoms with Crippen LogP contribution in [0.5, 0.6) is 11.5 Å². The van der Waals surface area contributed by atoms with Crippen LogP contribution in [0.15, 0.2) is 42.5 Å². The molecule has 142 valence electrons. The summed E-state index contributed by atoms with van der Waals surface area (Å²) in [6.45, 7) is 2.92. The van der Waals surface area contributed by atoms with E-state index in [1.165, 1.54) is 6.42 Å². The highest BCUT2D eigenvalue weighted by molar-refractivity contribution is 6.31. The lowest BCUT2D eigenvalue weighted by Crippen LogP contribution is -2.42. The first-order valence-electron chi connectivity index (χ1n) is 9.72. The SMILES string of the molecule is O[C@]1(c2ccccc2)CCC[C@@H]2CN(Cc3cc4c(cc3Cl)OCO4)C[C@@H]21. The second kappa shape index (κ2) is 6.69. The van der Waals surface area contributed by atoms with Crippen molar-refractivity contribution < 1.29 is 14.6 Å². The van der Waals surface area contributed by atoms with Crippen molar-refractivity contribution >= 4 is 11.6 Å². The molecular weight excluding hydrogens is 362 g/mol. The standard InChI is InChI=1S/C22H24ClNO3/c23-19-10-21-20(26-14-27-21)9-16(19)12-24-11-15-5-4-8-22(25,18(15)13-24)17-6-2-1-3-7-17/h1-3,6-7,9-10,15,18,25H,4-5,8,11-14H2/t15-,18+,22+/m1/s1. The molecule has 0 aromatic heterocycles. The average Bonchev–Trinajstić information content (AvgIpc) is 3.30. The number of rotatable bonds is 3. The van der Waals surface area contributed by atoms with Crippen molar-refractivity contribution in [1.82, 2.24) is 4.90 Å². The summed E-state index contributed by atoms with van der Waals surface area (Å²) < 4.78 is 10.9. The number of aliphatic hydroxyl groups is 1. The second-order valence-electron chi connectivity index (χ2n) is 8.04. The Morgan fingerprint density at radius 3 is 2.70 bits per heavy atom. The van der Waals surface area contributed by atoms with Crippen molar-refractivity contribution in [3.63, 3.8) is 0 Å². The van der Waals surface area contributed by atoms with Crippen LogP contribution in [0.4, 0.5) is 0 Å². The minimum absolute atomic E-state index is 0.257. The molecule has 2 aromatic rings. The van der Waals surface area contributed by atoms with Gasteiger partial charge < -0.3 is 14.6 Å². The monoisotopic (exact) mass is 385 g/mol. The number of nitrogens with zero attached hydrogens (tertiary/aromatic N) is 1. The molecule has 2 fully saturated rings. The molecule has 1 aliphatic carbocycles. The molecule has 2 aliphatic heterocycles. The topological polar surface area (TPSA) is 41.9 Å². The first-order valence-corrected chi connectivity index (χ1v) is 10.1. The number of benzene rings is 2. The molecule has 0 unspecified atom stereocenters. The third kappa shape index (κ3) is 3.00. The van der Waals surface area contributed by atoms with Gasteiger partial charge in [0.1, 0.15) is 0 Å². The van der Waals surface area contributed by atoms with Gasteiger partial charge in [-0.25, -0.2) is 0 Å². The summed E-state index contributed by atoms with van der Waals surface area (Å²) in [6.07, 6.45) is 3.10. The predicted molar refractivity (Wildman–Crippen MR) is 104 cm³/mol. The van der Waals surface area contributed by atoms with Crippen LogP contribution in [-0.4, -0.2) is 29.9 Å². The van der Waals surface area contributed by atoms with E-state index in [1.54, 1.807) is 0 Å². The molecule has 1 N–H and O–H groups in total. The summed E-state index contributed by atoms with van der Waals surface area (Å²) in [5.74, 6) is 2.28. The molecule has 0 amide bonds. The van der Waals surface area contributed by atoms with Gasteiger partial charge in [-0.2, -0.15) is 0 Å². The lowest BCUT2D eigenvalue weighted by molar-refractivity contribution is -0.0648. The molecule has 3 atom stereocenters. The third-order valence-corrected chi connectivity index (χ3v) is 6.82. The maximum Gasteiger partial charge on any atom is 0.231 e. The molecule has 1 saturated heterocycles. The lowest BCUT2D eigenvalue weighted by atomic mass is 9.67. The zero-order valence-corrected chi connectivity index (χ0v) is 16.0. The molecule has 2 aromatic carbocycles. The van der Waals surface area contributed by atoms with Crippen LogP contribution in [0.1, 0.15) is 30.4 Å². The second-order valence-corrected chi connectivity index (χ2v) is 8.45. The zero-order valence-electron chi connectivity index (χ0n) is 15.2. The van der Waals surface area contributed by atoms with Crippen molar-refractivity contribution in [2.75, 3.05) is 19.9 Å². The summed E-state index contributed by atoms with van der Waals surface area (Å²) in [5, 5.41) is 12.3. The van der Waals surface area contributed by atoms with Crippen molar-refractivity contribution in [3.05, 3.63) is 58.6 Å². The van der Waals surface area contributed by atoms with Gasteiger partial charge in [0.25, 0.3) is 0 Å².